The SMILES string of the molecule is Cc1nsc(NC(C)CN2CCOCC2)n1. The molecule has 1 saturated heterocycles. The summed E-state index contributed by atoms with van der Waals surface area (Å²) >= 11 is 1.42. The van der Waals surface area contributed by atoms with E-state index in [0.29, 0.717) is 6.04 Å². The van der Waals surface area contributed by atoms with Crippen LogP contribution in [0.5, 0.6) is 0 Å². The van der Waals surface area contributed by atoms with E-state index in [4.69, 9.17) is 4.74 Å². The molecule has 1 aliphatic rings. The number of ether oxygens (including phenoxy) is 1. The molecule has 1 aromatic heterocycles. The average Bonchev–Trinajstić information content (AvgIpc) is 2.65. The minimum atomic E-state index is 0.394. The zero-order chi connectivity index (χ0) is 11.4. The van der Waals surface area contributed by atoms with Gasteiger partial charge in [0.05, 0.1) is 13.2 Å². The summed E-state index contributed by atoms with van der Waals surface area (Å²) in [7, 11) is 0. The van der Waals surface area contributed by atoms with Gasteiger partial charge in [0.15, 0.2) is 0 Å². The highest BCUT2D eigenvalue weighted by molar-refractivity contribution is 7.09. The van der Waals surface area contributed by atoms with Gasteiger partial charge < -0.3 is 10.1 Å². The van der Waals surface area contributed by atoms with Crippen LogP contribution in [-0.2, 0) is 4.74 Å². The van der Waals surface area contributed by atoms with Crippen LogP contribution in [0.1, 0.15) is 12.7 Å². The van der Waals surface area contributed by atoms with E-state index in [1.165, 1.54) is 11.5 Å². The Balaban J connectivity index is 1.77. The van der Waals surface area contributed by atoms with E-state index >= 15 is 0 Å². The molecule has 16 heavy (non-hydrogen) atoms. The lowest BCUT2D eigenvalue weighted by atomic mass is 10.3. The first-order valence-corrected chi connectivity index (χ1v) is 6.38. The fourth-order valence-corrected chi connectivity index (χ4v) is 2.47. The normalized spacial score (nSPS) is 19.6. The molecular weight excluding hydrogens is 224 g/mol. The van der Waals surface area contributed by atoms with Gasteiger partial charge in [0.2, 0.25) is 5.13 Å². The Bertz CT molecular complexity index is 324. The molecule has 1 aromatic rings. The highest BCUT2D eigenvalue weighted by atomic mass is 32.1. The van der Waals surface area contributed by atoms with Crippen LogP contribution >= 0.6 is 11.5 Å². The molecule has 1 aliphatic heterocycles. The smallest absolute Gasteiger partial charge is 0.202 e. The maximum atomic E-state index is 5.32. The highest BCUT2D eigenvalue weighted by Crippen LogP contribution is 2.12. The van der Waals surface area contributed by atoms with Gasteiger partial charge in [0.25, 0.3) is 0 Å². The third-order valence-corrected chi connectivity index (χ3v) is 3.27. The van der Waals surface area contributed by atoms with Crippen LogP contribution in [-0.4, -0.2) is 53.1 Å². The number of nitrogens with zero attached hydrogens (tertiary/aromatic N) is 3. The quantitative estimate of drug-likeness (QED) is 0.853. The van der Waals surface area contributed by atoms with Gasteiger partial charge in [-0.25, -0.2) is 4.98 Å². The zero-order valence-corrected chi connectivity index (χ0v) is 10.6. The Morgan fingerprint density at radius 2 is 2.25 bits per heavy atom. The summed E-state index contributed by atoms with van der Waals surface area (Å²) in [5.74, 6) is 0.839. The van der Waals surface area contributed by atoms with E-state index < -0.39 is 0 Å². The summed E-state index contributed by atoms with van der Waals surface area (Å²) in [6, 6.07) is 0.394. The number of aryl methyl sites for hydroxylation is 1. The summed E-state index contributed by atoms with van der Waals surface area (Å²) < 4.78 is 9.47. The number of hydrogen-bond acceptors (Lipinski definition) is 6. The Morgan fingerprint density at radius 1 is 1.50 bits per heavy atom. The van der Waals surface area contributed by atoms with E-state index in [0.717, 1.165) is 43.8 Å². The molecule has 1 atom stereocenters. The van der Waals surface area contributed by atoms with E-state index in [9.17, 15) is 0 Å². The van der Waals surface area contributed by atoms with E-state index in [1.54, 1.807) is 0 Å². The first-order valence-electron chi connectivity index (χ1n) is 5.61. The van der Waals surface area contributed by atoms with Crippen molar-refractivity contribution in [3.05, 3.63) is 5.82 Å². The molecule has 90 valence electrons. The lowest BCUT2D eigenvalue weighted by molar-refractivity contribution is 0.0368. The number of aromatic nitrogens is 2. The first kappa shape index (κ1) is 11.8. The largest absolute Gasteiger partial charge is 0.379 e. The number of rotatable bonds is 4. The molecule has 0 saturated carbocycles. The predicted octanol–water partition coefficient (Wildman–Crippen LogP) is 0.979. The van der Waals surface area contributed by atoms with Gasteiger partial charge in [-0.05, 0) is 13.8 Å². The van der Waals surface area contributed by atoms with E-state index in [2.05, 4.69) is 26.5 Å². The number of morpholine rings is 1. The Morgan fingerprint density at radius 3 is 2.88 bits per heavy atom. The van der Waals surface area contributed by atoms with Crippen molar-refractivity contribution in [3.63, 3.8) is 0 Å². The van der Waals surface area contributed by atoms with Crippen LogP contribution in [0.3, 0.4) is 0 Å². The number of hydrogen-bond donors (Lipinski definition) is 1. The third kappa shape index (κ3) is 3.40. The Labute approximate surface area is 100.0 Å². The van der Waals surface area contributed by atoms with Crippen molar-refractivity contribution in [1.82, 2.24) is 14.3 Å². The van der Waals surface area contributed by atoms with Gasteiger partial charge in [0, 0.05) is 37.2 Å². The highest BCUT2D eigenvalue weighted by Gasteiger charge is 2.14. The number of nitrogens with one attached hydrogen (secondary N) is 1. The van der Waals surface area contributed by atoms with Gasteiger partial charge in [-0.2, -0.15) is 4.37 Å². The molecule has 0 amide bonds. The lowest BCUT2D eigenvalue weighted by Crippen LogP contribution is -2.42. The van der Waals surface area contributed by atoms with Crippen molar-refractivity contribution in [2.45, 2.75) is 19.9 Å². The molecule has 1 fully saturated rings. The van der Waals surface area contributed by atoms with Crippen LogP contribution < -0.4 is 5.32 Å². The Hall–Kier alpha value is -0.720. The van der Waals surface area contributed by atoms with Crippen molar-refractivity contribution in [2.24, 2.45) is 0 Å². The minimum Gasteiger partial charge on any atom is -0.379 e. The molecule has 0 bridgehead atoms. The summed E-state index contributed by atoms with van der Waals surface area (Å²) in [4.78, 5) is 6.71. The summed E-state index contributed by atoms with van der Waals surface area (Å²) in [5.41, 5.74) is 0. The third-order valence-electron chi connectivity index (χ3n) is 2.53. The van der Waals surface area contributed by atoms with Gasteiger partial charge in [-0.3, -0.25) is 4.90 Å². The lowest BCUT2D eigenvalue weighted by Gasteiger charge is -2.29. The van der Waals surface area contributed by atoms with Gasteiger partial charge in [-0.1, -0.05) is 0 Å². The van der Waals surface area contributed by atoms with Crippen molar-refractivity contribution < 1.29 is 4.74 Å². The molecule has 2 rings (SSSR count). The molecule has 6 heteroatoms. The number of anilines is 1. The molecule has 0 spiro atoms. The maximum absolute atomic E-state index is 5.32. The molecule has 2 heterocycles. The molecule has 0 radical (unpaired) electrons. The van der Waals surface area contributed by atoms with Crippen molar-refractivity contribution in [1.29, 1.82) is 0 Å². The van der Waals surface area contributed by atoms with Gasteiger partial charge in [0.1, 0.15) is 5.82 Å². The fourth-order valence-electron chi connectivity index (χ4n) is 1.78. The summed E-state index contributed by atoms with van der Waals surface area (Å²) in [5, 5.41) is 4.29. The molecule has 1 N–H and O–H groups in total. The second-order valence-electron chi connectivity index (χ2n) is 4.11. The van der Waals surface area contributed by atoms with Crippen LogP contribution in [0.4, 0.5) is 5.13 Å². The van der Waals surface area contributed by atoms with Crippen LogP contribution in [0, 0.1) is 6.92 Å². The molecule has 0 aromatic carbocycles. The van der Waals surface area contributed by atoms with Crippen molar-refractivity contribution in [2.75, 3.05) is 38.2 Å². The summed E-state index contributed by atoms with van der Waals surface area (Å²) in [6.07, 6.45) is 0. The van der Waals surface area contributed by atoms with Crippen LogP contribution in [0.15, 0.2) is 0 Å². The van der Waals surface area contributed by atoms with Crippen molar-refractivity contribution >= 4 is 16.7 Å². The average molecular weight is 242 g/mol. The molecule has 5 nitrogen and oxygen atoms in total. The minimum absolute atomic E-state index is 0.394. The molecular formula is C10H18N4OS. The van der Waals surface area contributed by atoms with E-state index in [-0.39, 0.29) is 0 Å². The maximum Gasteiger partial charge on any atom is 0.202 e. The van der Waals surface area contributed by atoms with Crippen LogP contribution in [0.25, 0.3) is 0 Å². The standard InChI is InChI=1S/C10H18N4OS/c1-8(7-14-3-5-15-6-4-14)11-10-12-9(2)13-16-10/h8H,3-7H2,1-2H3,(H,11,12,13). The van der Waals surface area contributed by atoms with Gasteiger partial charge >= 0.3 is 0 Å². The summed E-state index contributed by atoms with van der Waals surface area (Å²) in [6.45, 7) is 8.88. The topological polar surface area (TPSA) is 50.3 Å². The van der Waals surface area contributed by atoms with Gasteiger partial charge in [-0.15, -0.1) is 0 Å². The van der Waals surface area contributed by atoms with Crippen molar-refractivity contribution in [3.8, 4) is 0 Å². The second kappa shape index (κ2) is 5.56. The van der Waals surface area contributed by atoms with E-state index in [1.807, 2.05) is 6.92 Å². The molecule has 1 unspecified atom stereocenters. The Kier molecular flexibility index (Phi) is 4.09. The zero-order valence-electron chi connectivity index (χ0n) is 9.77. The molecule has 0 aliphatic carbocycles. The predicted molar refractivity (Wildman–Crippen MR) is 65.0 cm³/mol. The fraction of sp³-hybridized carbons (Fsp3) is 0.800. The monoisotopic (exact) mass is 242 g/mol. The first-order chi connectivity index (χ1) is 7.74. The second-order valence-corrected chi connectivity index (χ2v) is 4.86. The van der Waals surface area contributed by atoms with Crippen LogP contribution in [0.2, 0.25) is 0 Å².